The lowest BCUT2D eigenvalue weighted by atomic mass is 10.2. The summed E-state index contributed by atoms with van der Waals surface area (Å²) in [6, 6.07) is 19.5. The van der Waals surface area contributed by atoms with E-state index >= 15 is 0 Å². The first-order valence-electron chi connectivity index (χ1n) is 9.75. The van der Waals surface area contributed by atoms with Crippen molar-refractivity contribution in [2.24, 2.45) is 5.10 Å². The Morgan fingerprint density at radius 3 is 2.31 bits per heavy atom. The molecule has 1 amide bonds. The van der Waals surface area contributed by atoms with Gasteiger partial charge in [-0.25, -0.2) is 5.43 Å². The number of carbonyl (C=O) groups excluding carboxylic acids is 1. The third-order valence-electron chi connectivity index (χ3n) is 4.38. The van der Waals surface area contributed by atoms with Crippen LogP contribution in [0, 0.1) is 0 Å². The van der Waals surface area contributed by atoms with Crippen molar-refractivity contribution in [1.82, 2.24) is 5.43 Å². The molecule has 0 aliphatic heterocycles. The Balaban J connectivity index is 1.54. The zero-order chi connectivity index (χ0) is 22.9. The molecule has 1 atom stereocenters. The number of rotatable bonds is 9. The molecule has 0 heterocycles. The van der Waals surface area contributed by atoms with Gasteiger partial charge in [-0.3, -0.25) is 4.79 Å². The predicted molar refractivity (Wildman–Crippen MR) is 126 cm³/mol. The van der Waals surface area contributed by atoms with E-state index in [4.69, 9.17) is 37.4 Å². The molecule has 6 nitrogen and oxygen atoms in total. The first-order chi connectivity index (χ1) is 15.4. The molecular weight excluding hydrogens is 451 g/mol. The topological polar surface area (TPSA) is 69.2 Å². The van der Waals surface area contributed by atoms with Crippen molar-refractivity contribution in [3.05, 3.63) is 87.9 Å². The second kappa shape index (κ2) is 11.4. The average Bonchev–Trinajstić information content (AvgIpc) is 2.80. The quantitative estimate of drug-likeness (QED) is 0.329. The fourth-order valence-electron chi connectivity index (χ4n) is 2.66. The molecule has 0 aromatic heterocycles. The number of carbonyl (C=O) groups is 1. The number of hydrogen-bond acceptors (Lipinski definition) is 5. The van der Waals surface area contributed by atoms with E-state index in [1.807, 2.05) is 30.3 Å². The third kappa shape index (κ3) is 6.90. The first kappa shape index (κ1) is 23.4. The summed E-state index contributed by atoms with van der Waals surface area (Å²) >= 11 is 11.7. The van der Waals surface area contributed by atoms with E-state index in [1.165, 1.54) is 6.21 Å². The average molecular weight is 473 g/mol. The second-order valence-electron chi connectivity index (χ2n) is 6.77. The van der Waals surface area contributed by atoms with E-state index < -0.39 is 6.10 Å². The van der Waals surface area contributed by atoms with Crippen LogP contribution in [-0.4, -0.2) is 25.3 Å². The minimum atomic E-state index is -0.730. The van der Waals surface area contributed by atoms with Crippen LogP contribution in [0.5, 0.6) is 17.2 Å². The van der Waals surface area contributed by atoms with Crippen LogP contribution >= 0.6 is 23.2 Å². The van der Waals surface area contributed by atoms with E-state index in [-0.39, 0.29) is 5.91 Å². The molecule has 8 heteroatoms. The lowest BCUT2D eigenvalue weighted by Gasteiger charge is -2.13. The van der Waals surface area contributed by atoms with Crippen LogP contribution in [0.2, 0.25) is 10.0 Å². The van der Waals surface area contributed by atoms with Gasteiger partial charge >= 0.3 is 0 Å². The lowest BCUT2D eigenvalue weighted by Crippen LogP contribution is -2.33. The van der Waals surface area contributed by atoms with Gasteiger partial charge in [0.1, 0.15) is 12.4 Å². The molecule has 166 valence electrons. The maximum absolute atomic E-state index is 12.2. The molecule has 3 aromatic carbocycles. The zero-order valence-corrected chi connectivity index (χ0v) is 19.1. The molecule has 1 N–H and O–H groups in total. The second-order valence-corrected chi connectivity index (χ2v) is 7.65. The van der Waals surface area contributed by atoms with Gasteiger partial charge in [-0.05, 0) is 72.6 Å². The summed E-state index contributed by atoms with van der Waals surface area (Å²) in [5, 5.41) is 5.26. The Hall–Kier alpha value is -3.22. The fraction of sp³-hybridized carbons (Fsp3) is 0.167. The summed E-state index contributed by atoms with van der Waals surface area (Å²) in [4.78, 5) is 12.2. The molecule has 0 radical (unpaired) electrons. The molecule has 0 saturated carbocycles. The molecular formula is C24H22Cl2N2O4. The Morgan fingerprint density at radius 2 is 1.66 bits per heavy atom. The smallest absolute Gasteiger partial charge is 0.280 e. The summed E-state index contributed by atoms with van der Waals surface area (Å²) in [5.41, 5.74) is 4.18. The molecule has 0 aliphatic carbocycles. The normalized spacial score (nSPS) is 11.8. The molecule has 0 spiro atoms. The standard InChI is InChI=1S/C24H22Cl2N2O4/c1-16(32-21-10-8-20(26)9-11-21)24(29)28-27-14-18-5-12-22(23(13-18)30-2)31-15-17-3-6-19(25)7-4-17/h3-14,16H,15H2,1-2H3,(H,28,29)/b27-14-/t16-/m0/s1. The highest BCUT2D eigenvalue weighted by molar-refractivity contribution is 6.30. The van der Waals surface area contributed by atoms with Crippen LogP contribution in [0.25, 0.3) is 0 Å². The molecule has 32 heavy (non-hydrogen) atoms. The Morgan fingerprint density at radius 1 is 1.00 bits per heavy atom. The molecule has 0 fully saturated rings. The highest BCUT2D eigenvalue weighted by atomic mass is 35.5. The predicted octanol–water partition coefficient (Wildman–Crippen LogP) is 5.50. The van der Waals surface area contributed by atoms with Gasteiger partial charge in [0.15, 0.2) is 17.6 Å². The van der Waals surface area contributed by atoms with Crippen LogP contribution in [-0.2, 0) is 11.4 Å². The molecule has 0 saturated heterocycles. The van der Waals surface area contributed by atoms with Crippen molar-refractivity contribution in [2.75, 3.05) is 7.11 Å². The Bertz CT molecular complexity index is 1070. The fourth-order valence-corrected chi connectivity index (χ4v) is 2.91. The van der Waals surface area contributed by atoms with E-state index in [0.717, 1.165) is 11.1 Å². The van der Waals surface area contributed by atoms with Gasteiger partial charge in [-0.15, -0.1) is 0 Å². The Labute approximate surface area is 196 Å². The van der Waals surface area contributed by atoms with Crippen LogP contribution in [0.1, 0.15) is 18.1 Å². The summed E-state index contributed by atoms with van der Waals surface area (Å²) in [6.45, 7) is 2.01. The lowest BCUT2D eigenvalue weighted by molar-refractivity contribution is -0.127. The first-order valence-corrected chi connectivity index (χ1v) is 10.5. The van der Waals surface area contributed by atoms with Crippen LogP contribution in [0.3, 0.4) is 0 Å². The largest absolute Gasteiger partial charge is 0.493 e. The van der Waals surface area contributed by atoms with Gasteiger partial charge in [0.2, 0.25) is 0 Å². The van der Waals surface area contributed by atoms with Crippen LogP contribution < -0.4 is 19.6 Å². The number of hydrazone groups is 1. The third-order valence-corrected chi connectivity index (χ3v) is 4.88. The molecule has 3 aromatic rings. The number of hydrogen-bond donors (Lipinski definition) is 1. The number of nitrogens with one attached hydrogen (secondary N) is 1. The summed E-state index contributed by atoms with van der Waals surface area (Å²) in [6.07, 6.45) is 0.782. The van der Waals surface area contributed by atoms with Gasteiger partial charge in [0.25, 0.3) is 5.91 Å². The molecule has 0 bridgehead atoms. The van der Waals surface area contributed by atoms with Crippen LogP contribution in [0.4, 0.5) is 0 Å². The van der Waals surface area contributed by atoms with Crippen molar-refractivity contribution >= 4 is 35.3 Å². The highest BCUT2D eigenvalue weighted by Crippen LogP contribution is 2.28. The van der Waals surface area contributed by atoms with Crippen molar-refractivity contribution in [1.29, 1.82) is 0 Å². The van der Waals surface area contributed by atoms with Gasteiger partial charge in [0, 0.05) is 10.0 Å². The number of halogens is 2. The summed E-state index contributed by atoms with van der Waals surface area (Å²) in [7, 11) is 1.56. The summed E-state index contributed by atoms with van der Waals surface area (Å²) in [5.74, 6) is 1.30. The molecule has 0 aliphatic rings. The van der Waals surface area contributed by atoms with E-state index in [9.17, 15) is 4.79 Å². The number of benzene rings is 3. The Kier molecular flexibility index (Phi) is 8.36. The summed E-state index contributed by atoms with van der Waals surface area (Å²) < 4.78 is 16.8. The van der Waals surface area contributed by atoms with Gasteiger partial charge in [-0.2, -0.15) is 5.10 Å². The highest BCUT2D eigenvalue weighted by Gasteiger charge is 2.14. The maximum Gasteiger partial charge on any atom is 0.280 e. The SMILES string of the molecule is COc1cc(/C=N\NC(=O)[C@H](C)Oc2ccc(Cl)cc2)ccc1OCc1ccc(Cl)cc1. The van der Waals surface area contributed by atoms with Crippen molar-refractivity contribution in [2.45, 2.75) is 19.6 Å². The van der Waals surface area contributed by atoms with Crippen molar-refractivity contribution < 1.29 is 19.0 Å². The zero-order valence-electron chi connectivity index (χ0n) is 17.5. The number of ether oxygens (including phenoxy) is 3. The van der Waals surface area contributed by atoms with E-state index in [2.05, 4.69) is 10.5 Å². The van der Waals surface area contributed by atoms with E-state index in [0.29, 0.717) is 33.9 Å². The van der Waals surface area contributed by atoms with Crippen molar-refractivity contribution in [3.63, 3.8) is 0 Å². The van der Waals surface area contributed by atoms with Gasteiger partial charge in [-0.1, -0.05) is 35.3 Å². The van der Waals surface area contributed by atoms with E-state index in [1.54, 1.807) is 50.4 Å². The van der Waals surface area contributed by atoms with Crippen LogP contribution in [0.15, 0.2) is 71.8 Å². The van der Waals surface area contributed by atoms with Gasteiger partial charge < -0.3 is 14.2 Å². The minimum absolute atomic E-state index is 0.378. The van der Waals surface area contributed by atoms with Crippen molar-refractivity contribution in [3.8, 4) is 17.2 Å². The minimum Gasteiger partial charge on any atom is -0.493 e. The maximum atomic E-state index is 12.2. The number of methoxy groups -OCH3 is 1. The number of nitrogens with zero attached hydrogens (tertiary/aromatic N) is 1. The molecule has 0 unspecified atom stereocenters. The molecule has 3 rings (SSSR count). The van der Waals surface area contributed by atoms with Gasteiger partial charge in [0.05, 0.1) is 13.3 Å². The monoisotopic (exact) mass is 472 g/mol. The number of amides is 1.